The van der Waals surface area contributed by atoms with Crippen LogP contribution in [0.1, 0.15) is 18.1 Å². The second kappa shape index (κ2) is 5.61. The third kappa shape index (κ3) is 3.56. The Bertz CT molecular complexity index is 581. The lowest BCUT2D eigenvalue weighted by molar-refractivity contribution is 0.491. The van der Waals surface area contributed by atoms with Crippen molar-refractivity contribution in [2.45, 2.75) is 18.9 Å². The number of nitrogens with two attached hydrogens (primary N) is 1. The van der Waals surface area contributed by atoms with E-state index in [9.17, 15) is 4.39 Å². The van der Waals surface area contributed by atoms with Crippen molar-refractivity contribution in [2.75, 3.05) is 0 Å². The summed E-state index contributed by atoms with van der Waals surface area (Å²) in [6.07, 6.45) is 0.549. The molecule has 1 nitrogen and oxygen atoms in total. The molecule has 0 saturated carbocycles. The number of hydrogen-bond donors (Lipinski definition) is 1. The minimum atomic E-state index is -0.553. The monoisotopic (exact) mass is 341 g/mol. The lowest BCUT2D eigenvalue weighted by atomic mass is 9.86. The van der Waals surface area contributed by atoms with Gasteiger partial charge in [-0.1, -0.05) is 45.7 Å². The number of benzene rings is 2. The number of hydrogen-bond acceptors (Lipinski definition) is 1. The predicted molar refractivity (Wildman–Crippen MR) is 80.8 cm³/mol. The lowest BCUT2D eigenvalue weighted by Gasteiger charge is -2.26. The topological polar surface area (TPSA) is 26.0 Å². The fourth-order valence-corrected chi connectivity index (χ4v) is 2.49. The average Bonchev–Trinajstić information content (AvgIpc) is 2.33. The maximum Gasteiger partial charge on any atom is 0.124 e. The average molecular weight is 343 g/mol. The second-order valence-electron chi connectivity index (χ2n) is 4.84. The van der Waals surface area contributed by atoms with Gasteiger partial charge < -0.3 is 5.73 Å². The molecule has 0 aliphatic heterocycles. The first-order valence-electron chi connectivity index (χ1n) is 5.87. The normalized spacial score (nSPS) is 14.2. The van der Waals surface area contributed by atoms with Crippen molar-refractivity contribution in [3.8, 4) is 0 Å². The number of rotatable bonds is 3. The van der Waals surface area contributed by atoms with E-state index in [1.165, 1.54) is 12.1 Å². The molecule has 0 aromatic heterocycles. The van der Waals surface area contributed by atoms with Crippen LogP contribution < -0.4 is 5.73 Å². The minimum absolute atomic E-state index is 0.337. The molecule has 0 fully saturated rings. The van der Waals surface area contributed by atoms with E-state index >= 15 is 0 Å². The molecule has 0 saturated heterocycles. The van der Waals surface area contributed by atoms with Crippen molar-refractivity contribution in [1.29, 1.82) is 0 Å². The van der Waals surface area contributed by atoms with Gasteiger partial charge in [0.15, 0.2) is 0 Å². The van der Waals surface area contributed by atoms with Crippen molar-refractivity contribution >= 4 is 27.5 Å². The molecule has 2 rings (SSSR count). The summed E-state index contributed by atoms with van der Waals surface area (Å²) in [5.74, 6) is -0.337. The molecule has 2 aromatic rings. The molecule has 0 radical (unpaired) electrons. The van der Waals surface area contributed by atoms with Gasteiger partial charge in [0.05, 0.1) is 0 Å². The van der Waals surface area contributed by atoms with Crippen LogP contribution in [0, 0.1) is 5.82 Å². The number of halogens is 3. The van der Waals surface area contributed by atoms with Crippen molar-refractivity contribution < 1.29 is 4.39 Å². The second-order valence-corrected chi connectivity index (χ2v) is 6.16. The molecule has 0 aliphatic carbocycles. The summed E-state index contributed by atoms with van der Waals surface area (Å²) in [6.45, 7) is 1.94. The van der Waals surface area contributed by atoms with Crippen molar-refractivity contribution in [2.24, 2.45) is 5.73 Å². The first-order valence-corrected chi connectivity index (χ1v) is 7.04. The van der Waals surface area contributed by atoms with Crippen LogP contribution in [0.3, 0.4) is 0 Å². The summed E-state index contributed by atoms with van der Waals surface area (Å²) in [7, 11) is 0. The zero-order valence-electron chi connectivity index (χ0n) is 10.5. The van der Waals surface area contributed by atoms with Crippen LogP contribution in [0.5, 0.6) is 0 Å². The van der Waals surface area contributed by atoms with Gasteiger partial charge in [-0.15, -0.1) is 0 Å². The highest BCUT2D eigenvalue weighted by Gasteiger charge is 2.22. The van der Waals surface area contributed by atoms with Crippen LogP contribution in [0.2, 0.25) is 5.02 Å². The van der Waals surface area contributed by atoms with Crippen molar-refractivity contribution in [1.82, 2.24) is 0 Å². The lowest BCUT2D eigenvalue weighted by Crippen LogP contribution is -2.35. The molecule has 0 spiro atoms. The molecular weight excluding hydrogens is 329 g/mol. The predicted octanol–water partition coefficient (Wildman–Crippen LogP) is 4.66. The van der Waals surface area contributed by atoms with Crippen LogP contribution in [0.4, 0.5) is 4.39 Å². The fourth-order valence-electron chi connectivity index (χ4n) is 1.99. The third-order valence-corrected chi connectivity index (χ3v) is 3.96. The highest BCUT2D eigenvalue weighted by atomic mass is 79.9. The van der Waals surface area contributed by atoms with Gasteiger partial charge in [0, 0.05) is 15.0 Å². The Kier molecular flexibility index (Phi) is 4.29. The summed E-state index contributed by atoms with van der Waals surface area (Å²) in [6, 6.07) is 12.2. The van der Waals surface area contributed by atoms with Gasteiger partial charge >= 0.3 is 0 Å². The molecule has 2 N–H and O–H groups in total. The van der Waals surface area contributed by atoms with Gasteiger partial charge in [0.2, 0.25) is 0 Å². The maximum absolute atomic E-state index is 13.0. The largest absolute Gasteiger partial charge is 0.321 e. The molecule has 0 bridgehead atoms. The van der Waals surface area contributed by atoms with Crippen molar-refractivity contribution in [3.63, 3.8) is 0 Å². The molecule has 1 atom stereocenters. The highest BCUT2D eigenvalue weighted by Crippen LogP contribution is 2.28. The Hall–Kier alpha value is -0.900. The molecule has 0 amide bonds. The molecule has 0 aliphatic rings. The van der Waals surface area contributed by atoms with Gasteiger partial charge in [-0.2, -0.15) is 0 Å². The van der Waals surface area contributed by atoms with E-state index in [1.54, 1.807) is 6.07 Å². The third-order valence-electron chi connectivity index (χ3n) is 3.08. The van der Waals surface area contributed by atoms with Gasteiger partial charge in [0.25, 0.3) is 0 Å². The van der Waals surface area contributed by atoms with E-state index in [0.29, 0.717) is 11.4 Å². The zero-order chi connectivity index (χ0) is 14.0. The smallest absolute Gasteiger partial charge is 0.124 e. The molecule has 0 heterocycles. The van der Waals surface area contributed by atoms with E-state index in [-0.39, 0.29) is 5.82 Å². The summed E-state index contributed by atoms with van der Waals surface area (Å²) in [5.41, 5.74) is 7.66. The molecule has 1 unspecified atom stereocenters. The van der Waals surface area contributed by atoms with Gasteiger partial charge in [-0.05, 0) is 48.7 Å². The van der Waals surface area contributed by atoms with E-state index in [1.807, 2.05) is 31.2 Å². The van der Waals surface area contributed by atoms with Crippen LogP contribution >= 0.6 is 27.5 Å². The summed E-state index contributed by atoms with van der Waals surface area (Å²) >= 11 is 9.44. The summed E-state index contributed by atoms with van der Waals surface area (Å²) in [4.78, 5) is 0. The Morgan fingerprint density at radius 3 is 2.42 bits per heavy atom. The van der Waals surface area contributed by atoms with Gasteiger partial charge in [-0.25, -0.2) is 4.39 Å². The molecule has 2 aromatic carbocycles. The molecular formula is C15H14BrClFN. The van der Waals surface area contributed by atoms with Crippen LogP contribution in [0.25, 0.3) is 0 Å². The molecule has 4 heteroatoms. The van der Waals surface area contributed by atoms with Crippen LogP contribution in [-0.4, -0.2) is 0 Å². The molecule has 19 heavy (non-hydrogen) atoms. The van der Waals surface area contributed by atoms with Crippen LogP contribution in [0.15, 0.2) is 46.9 Å². The minimum Gasteiger partial charge on any atom is -0.321 e. The summed E-state index contributed by atoms with van der Waals surface area (Å²) < 4.78 is 14.0. The standard InChI is InChI=1S/C15H14BrClFN/c1-15(19,11-3-5-12(16)6-4-11)9-10-2-7-13(18)8-14(10)17/h2-8H,9,19H2,1H3. The Balaban J connectivity index is 2.27. The van der Waals surface area contributed by atoms with E-state index < -0.39 is 5.54 Å². The summed E-state index contributed by atoms with van der Waals surface area (Å²) in [5, 5.41) is 0.411. The first-order chi connectivity index (χ1) is 8.88. The van der Waals surface area contributed by atoms with Gasteiger partial charge in [-0.3, -0.25) is 0 Å². The van der Waals surface area contributed by atoms with E-state index in [2.05, 4.69) is 15.9 Å². The Morgan fingerprint density at radius 2 is 1.84 bits per heavy atom. The van der Waals surface area contributed by atoms with Crippen LogP contribution in [-0.2, 0) is 12.0 Å². The first kappa shape index (κ1) is 14.5. The van der Waals surface area contributed by atoms with Gasteiger partial charge in [0.1, 0.15) is 5.82 Å². The quantitative estimate of drug-likeness (QED) is 0.862. The van der Waals surface area contributed by atoms with Crippen molar-refractivity contribution in [3.05, 3.63) is 68.9 Å². The highest BCUT2D eigenvalue weighted by molar-refractivity contribution is 9.10. The van der Waals surface area contributed by atoms with E-state index in [4.69, 9.17) is 17.3 Å². The maximum atomic E-state index is 13.0. The molecule has 100 valence electrons. The SMILES string of the molecule is CC(N)(Cc1ccc(F)cc1Cl)c1ccc(Br)cc1. The Labute approximate surface area is 125 Å². The zero-order valence-corrected chi connectivity index (χ0v) is 12.8. The Morgan fingerprint density at radius 1 is 1.21 bits per heavy atom. The van der Waals surface area contributed by atoms with E-state index in [0.717, 1.165) is 15.6 Å². The fraction of sp³-hybridized carbons (Fsp3) is 0.200.